The minimum atomic E-state index is 0.0475. The Bertz CT molecular complexity index is 425. The van der Waals surface area contributed by atoms with Crippen LogP contribution in [0.2, 0.25) is 0 Å². The molecule has 1 aliphatic carbocycles. The van der Waals surface area contributed by atoms with Crippen LogP contribution in [-0.2, 0) is 12.8 Å². The van der Waals surface area contributed by atoms with Gasteiger partial charge in [-0.2, -0.15) is 0 Å². The van der Waals surface area contributed by atoms with Gasteiger partial charge in [0.05, 0.1) is 5.69 Å². The van der Waals surface area contributed by atoms with E-state index in [0.29, 0.717) is 0 Å². The highest BCUT2D eigenvalue weighted by molar-refractivity contribution is 7.99. The van der Waals surface area contributed by atoms with E-state index in [9.17, 15) is 4.79 Å². The van der Waals surface area contributed by atoms with Crippen LogP contribution in [0.5, 0.6) is 0 Å². The van der Waals surface area contributed by atoms with E-state index in [-0.39, 0.29) is 5.56 Å². The molecule has 1 heterocycles. The van der Waals surface area contributed by atoms with Crippen LogP contribution in [0, 0.1) is 0 Å². The van der Waals surface area contributed by atoms with E-state index in [1.54, 1.807) is 0 Å². The number of fused-ring (bicyclic) bond motifs is 1. The zero-order chi connectivity index (χ0) is 10.7. The van der Waals surface area contributed by atoms with Gasteiger partial charge in [-0.05, 0) is 25.7 Å². The molecule has 0 saturated heterocycles. The fourth-order valence-corrected chi connectivity index (χ4v) is 2.40. The van der Waals surface area contributed by atoms with Gasteiger partial charge in [-0.15, -0.1) is 6.58 Å². The Kier molecular flexibility index (Phi) is 3.26. The fraction of sp³-hybridized carbons (Fsp3) is 0.455. The van der Waals surface area contributed by atoms with Crippen LogP contribution in [0.3, 0.4) is 0 Å². The number of hydrogen-bond acceptors (Lipinski definition) is 3. The Balaban J connectivity index is 2.32. The number of nitrogens with zero attached hydrogens (tertiary/aromatic N) is 1. The first-order valence-corrected chi connectivity index (χ1v) is 6.15. The number of nitrogens with one attached hydrogen (secondary N) is 1. The number of aromatic amines is 1. The zero-order valence-electron chi connectivity index (χ0n) is 8.58. The summed E-state index contributed by atoms with van der Waals surface area (Å²) in [5.74, 6) is 0.779. The van der Waals surface area contributed by atoms with Crippen molar-refractivity contribution in [1.29, 1.82) is 0 Å². The Labute approximate surface area is 93.0 Å². The minimum Gasteiger partial charge on any atom is -0.301 e. The lowest BCUT2D eigenvalue weighted by Crippen LogP contribution is -2.21. The SMILES string of the molecule is C=CCSc1nc2c(c(=O)[nH]1)CCCC2. The van der Waals surface area contributed by atoms with Gasteiger partial charge < -0.3 is 4.98 Å². The number of H-pyrrole nitrogens is 1. The summed E-state index contributed by atoms with van der Waals surface area (Å²) in [4.78, 5) is 19.0. The van der Waals surface area contributed by atoms with Crippen LogP contribution >= 0.6 is 11.8 Å². The summed E-state index contributed by atoms with van der Waals surface area (Å²) in [6, 6.07) is 0. The molecule has 4 heteroatoms. The Morgan fingerprint density at radius 3 is 3.07 bits per heavy atom. The first-order valence-electron chi connectivity index (χ1n) is 5.17. The van der Waals surface area contributed by atoms with Gasteiger partial charge in [-0.3, -0.25) is 4.79 Å². The quantitative estimate of drug-likeness (QED) is 0.483. The third-order valence-electron chi connectivity index (χ3n) is 2.51. The molecule has 0 amide bonds. The van der Waals surface area contributed by atoms with Gasteiger partial charge in [0, 0.05) is 11.3 Å². The van der Waals surface area contributed by atoms with Gasteiger partial charge in [0.1, 0.15) is 0 Å². The van der Waals surface area contributed by atoms with Gasteiger partial charge in [-0.1, -0.05) is 17.8 Å². The lowest BCUT2D eigenvalue weighted by Gasteiger charge is -2.13. The third-order valence-corrected chi connectivity index (χ3v) is 3.38. The summed E-state index contributed by atoms with van der Waals surface area (Å²) in [6.45, 7) is 3.65. The number of aromatic nitrogens is 2. The van der Waals surface area contributed by atoms with Gasteiger partial charge >= 0.3 is 0 Å². The van der Waals surface area contributed by atoms with Gasteiger partial charge in [0.2, 0.25) is 0 Å². The average Bonchev–Trinajstić information content (AvgIpc) is 2.26. The lowest BCUT2D eigenvalue weighted by molar-refractivity contribution is 0.641. The maximum absolute atomic E-state index is 11.7. The van der Waals surface area contributed by atoms with E-state index in [0.717, 1.165) is 47.8 Å². The first kappa shape index (κ1) is 10.5. The smallest absolute Gasteiger partial charge is 0.254 e. The summed E-state index contributed by atoms with van der Waals surface area (Å²) in [6.07, 6.45) is 5.89. The molecule has 1 N–H and O–H groups in total. The molecule has 0 aromatic carbocycles. The maximum Gasteiger partial charge on any atom is 0.254 e. The van der Waals surface area contributed by atoms with Gasteiger partial charge in [-0.25, -0.2) is 4.98 Å². The second-order valence-electron chi connectivity index (χ2n) is 3.60. The highest BCUT2D eigenvalue weighted by Crippen LogP contribution is 2.18. The fourth-order valence-electron chi connectivity index (χ4n) is 1.79. The molecule has 15 heavy (non-hydrogen) atoms. The molecule has 0 radical (unpaired) electrons. The number of thioether (sulfide) groups is 1. The van der Waals surface area contributed by atoms with Crippen LogP contribution in [-0.4, -0.2) is 15.7 Å². The highest BCUT2D eigenvalue weighted by atomic mass is 32.2. The van der Waals surface area contributed by atoms with Gasteiger partial charge in [0.15, 0.2) is 5.16 Å². The summed E-state index contributed by atoms with van der Waals surface area (Å²) in [7, 11) is 0. The highest BCUT2D eigenvalue weighted by Gasteiger charge is 2.15. The van der Waals surface area contributed by atoms with E-state index in [1.807, 2.05) is 6.08 Å². The van der Waals surface area contributed by atoms with Crippen molar-refractivity contribution >= 4 is 11.8 Å². The Morgan fingerprint density at radius 1 is 1.47 bits per heavy atom. The minimum absolute atomic E-state index is 0.0475. The second-order valence-corrected chi connectivity index (χ2v) is 4.61. The predicted molar refractivity (Wildman–Crippen MR) is 62.4 cm³/mol. The summed E-state index contributed by atoms with van der Waals surface area (Å²) in [5, 5.41) is 0.723. The summed E-state index contributed by atoms with van der Waals surface area (Å²) < 4.78 is 0. The van der Waals surface area contributed by atoms with E-state index in [2.05, 4.69) is 16.5 Å². The van der Waals surface area contributed by atoms with Crippen molar-refractivity contribution in [2.24, 2.45) is 0 Å². The predicted octanol–water partition coefficient (Wildman–Crippen LogP) is 1.93. The molecule has 0 atom stereocenters. The zero-order valence-corrected chi connectivity index (χ0v) is 9.40. The maximum atomic E-state index is 11.7. The molecule has 1 aromatic heterocycles. The van der Waals surface area contributed by atoms with Crippen molar-refractivity contribution in [3.05, 3.63) is 34.3 Å². The molecule has 3 nitrogen and oxygen atoms in total. The molecular weight excluding hydrogens is 208 g/mol. The molecule has 1 aliphatic rings. The average molecular weight is 222 g/mol. The van der Waals surface area contributed by atoms with E-state index in [4.69, 9.17) is 0 Å². The normalized spacial score (nSPS) is 14.7. The van der Waals surface area contributed by atoms with Crippen LogP contribution in [0.4, 0.5) is 0 Å². The van der Waals surface area contributed by atoms with Crippen LogP contribution in [0.15, 0.2) is 22.6 Å². The molecule has 0 spiro atoms. The first-order chi connectivity index (χ1) is 7.31. The number of hydrogen-bond donors (Lipinski definition) is 1. The topological polar surface area (TPSA) is 45.8 Å². The molecule has 0 fully saturated rings. The molecular formula is C11H14N2OS. The Hall–Kier alpha value is -1.03. The van der Waals surface area contributed by atoms with Crippen LogP contribution in [0.1, 0.15) is 24.1 Å². The van der Waals surface area contributed by atoms with E-state index in [1.165, 1.54) is 11.8 Å². The van der Waals surface area contributed by atoms with Gasteiger partial charge in [0.25, 0.3) is 5.56 Å². The standard InChI is InChI=1S/C11H14N2OS/c1-2-7-15-11-12-9-6-4-3-5-8(9)10(14)13-11/h2H,1,3-7H2,(H,12,13,14). The lowest BCUT2D eigenvalue weighted by atomic mass is 9.97. The molecule has 80 valence electrons. The molecule has 0 bridgehead atoms. The third kappa shape index (κ3) is 2.31. The summed E-state index contributed by atoms with van der Waals surface area (Å²) in [5.41, 5.74) is 1.94. The number of aryl methyl sites for hydroxylation is 1. The second kappa shape index (κ2) is 4.66. The molecule has 0 aliphatic heterocycles. The summed E-state index contributed by atoms with van der Waals surface area (Å²) >= 11 is 1.52. The number of rotatable bonds is 3. The van der Waals surface area contributed by atoms with Crippen LogP contribution in [0.25, 0.3) is 0 Å². The van der Waals surface area contributed by atoms with Crippen molar-refractivity contribution in [3.8, 4) is 0 Å². The van der Waals surface area contributed by atoms with Crippen molar-refractivity contribution in [2.75, 3.05) is 5.75 Å². The molecule has 1 aromatic rings. The van der Waals surface area contributed by atoms with E-state index < -0.39 is 0 Å². The largest absolute Gasteiger partial charge is 0.301 e. The van der Waals surface area contributed by atoms with E-state index >= 15 is 0 Å². The van der Waals surface area contributed by atoms with Crippen LogP contribution < -0.4 is 5.56 Å². The molecule has 0 unspecified atom stereocenters. The molecule has 0 saturated carbocycles. The van der Waals surface area contributed by atoms with Crippen molar-refractivity contribution in [2.45, 2.75) is 30.8 Å². The van der Waals surface area contributed by atoms with Crippen molar-refractivity contribution in [3.63, 3.8) is 0 Å². The Morgan fingerprint density at radius 2 is 2.27 bits per heavy atom. The van der Waals surface area contributed by atoms with Crippen molar-refractivity contribution < 1.29 is 0 Å². The monoisotopic (exact) mass is 222 g/mol. The van der Waals surface area contributed by atoms with Crippen molar-refractivity contribution in [1.82, 2.24) is 9.97 Å². The molecule has 2 rings (SSSR count).